The fourth-order valence-electron chi connectivity index (χ4n) is 2.28. The fourth-order valence-corrected chi connectivity index (χ4v) is 2.88. The summed E-state index contributed by atoms with van der Waals surface area (Å²) in [6, 6.07) is 15.5. The van der Waals surface area contributed by atoms with Gasteiger partial charge < -0.3 is 8.94 Å². The van der Waals surface area contributed by atoms with E-state index in [1.54, 1.807) is 12.1 Å². The van der Waals surface area contributed by atoms with Crippen LogP contribution in [-0.2, 0) is 5.75 Å². The molecule has 0 bridgehead atoms. The molecule has 0 radical (unpaired) electrons. The van der Waals surface area contributed by atoms with Gasteiger partial charge in [0.25, 0.3) is 10.9 Å². The molecule has 134 valence electrons. The third kappa shape index (κ3) is 3.85. The second-order valence-electron chi connectivity index (χ2n) is 5.35. The number of nitro benzene ring substituents is 1. The first-order valence-electron chi connectivity index (χ1n) is 7.78. The Balaban J connectivity index is 1.44. The molecular formula is C17H11N5O4S. The van der Waals surface area contributed by atoms with Crippen LogP contribution >= 0.6 is 11.8 Å². The van der Waals surface area contributed by atoms with Crippen LogP contribution in [0.5, 0.6) is 0 Å². The van der Waals surface area contributed by atoms with Crippen LogP contribution in [0.4, 0.5) is 5.69 Å². The number of rotatable bonds is 6. The van der Waals surface area contributed by atoms with E-state index >= 15 is 0 Å². The SMILES string of the molecule is O=[N+]([O-])c1cccc(-c2nnc(SCc3nc(-c4ccccc4)no3)o2)c1. The maximum absolute atomic E-state index is 10.9. The first-order valence-corrected chi connectivity index (χ1v) is 8.77. The van der Waals surface area contributed by atoms with Crippen LogP contribution < -0.4 is 0 Å². The Morgan fingerprint density at radius 1 is 1.04 bits per heavy atom. The summed E-state index contributed by atoms with van der Waals surface area (Å²) in [6.45, 7) is 0. The van der Waals surface area contributed by atoms with Crippen molar-refractivity contribution in [3.05, 3.63) is 70.6 Å². The van der Waals surface area contributed by atoms with E-state index in [2.05, 4.69) is 20.3 Å². The Labute approximate surface area is 156 Å². The topological polar surface area (TPSA) is 121 Å². The number of benzene rings is 2. The molecule has 0 saturated heterocycles. The van der Waals surface area contributed by atoms with Crippen LogP contribution in [0.15, 0.2) is 68.8 Å². The highest BCUT2D eigenvalue weighted by molar-refractivity contribution is 7.98. The summed E-state index contributed by atoms with van der Waals surface area (Å²) in [5, 5.41) is 23.0. The highest BCUT2D eigenvalue weighted by Crippen LogP contribution is 2.27. The number of thioether (sulfide) groups is 1. The van der Waals surface area contributed by atoms with Gasteiger partial charge in [0, 0.05) is 23.3 Å². The van der Waals surface area contributed by atoms with E-state index in [-0.39, 0.29) is 11.6 Å². The molecule has 0 aliphatic heterocycles. The van der Waals surface area contributed by atoms with Gasteiger partial charge in [-0.15, -0.1) is 10.2 Å². The Morgan fingerprint density at radius 2 is 1.85 bits per heavy atom. The molecule has 2 aromatic heterocycles. The average molecular weight is 381 g/mol. The molecule has 0 amide bonds. The van der Waals surface area contributed by atoms with Gasteiger partial charge in [0.05, 0.1) is 10.7 Å². The molecule has 0 saturated carbocycles. The first kappa shape index (κ1) is 16.9. The van der Waals surface area contributed by atoms with Crippen LogP contribution in [-0.4, -0.2) is 25.3 Å². The molecule has 0 aliphatic rings. The van der Waals surface area contributed by atoms with Crippen molar-refractivity contribution >= 4 is 17.4 Å². The monoisotopic (exact) mass is 381 g/mol. The van der Waals surface area contributed by atoms with Gasteiger partial charge in [-0.3, -0.25) is 10.1 Å². The molecule has 0 spiro atoms. The summed E-state index contributed by atoms with van der Waals surface area (Å²) in [7, 11) is 0. The van der Waals surface area contributed by atoms with Gasteiger partial charge in [-0.05, 0) is 6.07 Å². The number of hydrogen-bond donors (Lipinski definition) is 0. The molecule has 10 heteroatoms. The van der Waals surface area contributed by atoms with Gasteiger partial charge in [0.2, 0.25) is 17.6 Å². The summed E-state index contributed by atoms with van der Waals surface area (Å²) in [4.78, 5) is 14.7. The van der Waals surface area contributed by atoms with Crippen molar-refractivity contribution in [2.75, 3.05) is 0 Å². The molecule has 0 aliphatic carbocycles. The zero-order chi connectivity index (χ0) is 18.6. The van der Waals surface area contributed by atoms with E-state index in [4.69, 9.17) is 8.94 Å². The smallest absolute Gasteiger partial charge is 0.277 e. The molecule has 9 nitrogen and oxygen atoms in total. The van der Waals surface area contributed by atoms with Crippen molar-refractivity contribution in [3.63, 3.8) is 0 Å². The lowest BCUT2D eigenvalue weighted by atomic mass is 10.2. The second kappa shape index (κ2) is 7.38. The number of nitrogens with zero attached hydrogens (tertiary/aromatic N) is 5. The van der Waals surface area contributed by atoms with Crippen LogP contribution in [0.25, 0.3) is 22.8 Å². The molecule has 2 heterocycles. The lowest BCUT2D eigenvalue weighted by molar-refractivity contribution is -0.384. The Hall–Kier alpha value is -3.53. The van der Waals surface area contributed by atoms with Crippen LogP contribution in [0.3, 0.4) is 0 Å². The third-order valence-electron chi connectivity index (χ3n) is 3.53. The zero-order valence-electron chi connectivity index (χ0n) is 13.7. The summed E-state index contributed by atoms with van der Waals surface area (Å²) < 4.78 is 10.8. The van der Waals surface area contributed by atoms with Gasteiger partial charge in [0.15, 0.2) is 0 Å². The van der Waals surface area contributed by atoms with E-state index in [0.717, 1.165) is 5.56 Å². The van der Waals surface area contributed by atoms with Crippen LogP contribution in [0.1, 0.15) is 5.89 Å². The Bertz CT molecular complexity index is 1080. The molecule has 0 unspecified atom stereocenters. The van der Waals surface area contributed by atoms with Gasteiger partial charge in [0.1, 0.15) is 0 Å². The number of non-ortho nitro benzene ring substituents is 1. The van der Waals surface area contributed by atoms with Gasteiger partial charge in [-0.1, -0.05) is 53.3 Å². The van der Waals surface area contributed by atoms with Crippen molar-refractivity contribution in [1.82, 2.24) is 20.3 Å². The predicted molar refractivity (Wildman–Crippen MR) is 95.7 cm³/mol. The molecule has 27 heavy (non-hydrogen) atoms. The average Bonchev–Trinajstić information content (AvgIpc) is 3.37. The lowest BCUT2D eigenvalue weighted by Gasteiger charge is -1.95. The summed E-state index contributed by atoms with van der Waals surface area (Å²) in [5.74, 6) is 1.50. The lowest BCUT2D eigenvalue weighted by Crippen LogP contribution is -1.88. The highest BCUT2D eigenvalue weighted by atomic mass is 32.2. The minimum absolute atomic E-state index is 0.0424. The standard InChI is InChI=1S/C17H11N5O4S/c23-22(24)13-8-4-7-12(9-13)16-19-20-17(25-16)27-10-14-18-15(21-26-14)11-5-2-1-3-6-11/h1-9H,10H2. The van der Waals surface area contributed by atoms with E-state index in [1.165, 1.54) is 23.9 Å². The molecular weight excluding hydrogens is 370 g/mol. The largest absolute Gasteiger partial charge is 0.411 e. The first-order chi connectivity index (χ1) is 13.2. The Kier molecular flexibility index (Phi) is 4.62. The minimum Gasteiger partial charge on any atom is -0.411 e. The Morgan fingerprint density at radius 3 is 2.67 bits per heavy atom. The van der Waals surface area contributed by atoms with Gasteiger partial charge >= 0.3 is 0 Å². The molecule has 0 fully saturated rings. The molecule has 0 atom stereocenters. The number of hydrogen-bond acceptors (Lipinski definition) is 9. The van der Waals surface area contributed by atoms with Crippen LogP contribution in [0, 0.1) is 10.1 Å². The quantitative estimate of drug-likeness (QED) is 0.277. The third-order valence-corrected chi connectivity index (χ3v) is 4.33. The summed E-state index contributed by atoms with van der Waals surface area (Å²) >= 11 is 1.24. The van der Waals surface area contributed by atoms with Gasteiger partial charge in [-0.2, -0.15) is 4.98 Å². The van der Waals surface area contributed by atoms with Crippen LogP contribution in [0.2, 0.25) is 0 Å². The van der Waals surface area contributed by atoms with Crippen molar-refractivity contribution in [1.29, 1.82) is 0 Å². The molecule has 2 aromatic carbocycles. The number of aromatic nitrogens is 4. The molecule has 0 N–H and O–H groups in total. The van der Waals surface area contributed by atoms with Crippen molar-refractivity contribution in [2.45, 2.75) is 11.0 Å². The fraction of sp³-hybridized carbons (Fsp3) is 0.0588. The predicted octanol–water partition coefficient (Wildman–Crippen LogP) is 3.99. The van der Waals surface area contributed by atoms with Crippen molar-refractivity contribution < 1.29 is 13.9 Å². The summed E-state index contributed by atoms with van der Waals surface area (Å²) in [5.41, 5.74) is 1.30. The van der Waals surface area contributed by atoms with E-state index in [9.17, 15) is 10.1 Å². The van der Waals surface area contributed by atoms with Crippen molar-refractivity contribution in [2.24, 2.45) is 0 Å². The van der Waals surface area contributed by atoms with E-state index in [1.807, 2.05) is 30.3 Å². The maximum atomic E-state index is 10.9. The van der Waals surface area contributed by atoms with Crippen molar-refractivity contribution in [3.8, 4) is 22.8 Å². The van der Waals surface area contributed by atoms with E-state index < -0.39 is 4.92 Å². The molecule has 4 aromatic rings. The minimum atomic E-state index is -0.477. The summed E-state index contributed by atoms with van der Waals surface area (Å²) in [6.07, 6.45) is 0. The van der Waals surface area contributed by atoms with E-state index in [0.29, 0.717) is 28.3 Å². The zero-order valence-corrected chi connectivity index (χ0v) is 14.5. The maximum Gasteiger partial charge on any atom is 0.277 e. The highest BCUT2D eigenvalue weighted by Gasteiger charge is 2.15. The number of nitro groups is 1. The normalized spacial score (nSPS) is 10.8. The second-order valence-corrected chi connectivity index (χ2v) is 6.27. The molecule has 4 rings (SSSR count). The van der Waals surface area contributed by atoms with Gasteiger partial charge in [-0.25, -0.2) is 0 Å².